The van der Waals surface area contributed by atoms with Crippen LogP contribution < -0.4 is 0 Å². The predicted molar refractivity (Wildman–Crippen MR) is 49.6 cm³/mol. The number of nitro groups is 1. The second kappa shape index (κ2) is 4.03. The maximum absolute atomic E-state index is 12.9. The van der Waals surface area contributed by atoms with Crippen molar-refractivity contribution in [3.8, 4) is 0 Å². The van der Waals surface area contributed by atoms with Crippen LogP contribution >= 0.6 is 15.9 Å². The second-order valence-corrected chi connectivity index (χ2v) is 3.06. The first-order valence-corrected chi connectivity index (χ1v) is 4.04. The molecule has 1 aromatic rings. The van der Waals surface area contributed by atoms with Gasteiger partial charge in [0.25, 0.3) is 0 Å². The average molecular weight is 261 g/mol. The van der Waals surface area contributed by atoms with Gasteiger partial charge >= 0.3 is 5.69 Å². The molecule has 0 fully saturated rings. The summed E-state index contributed by atoms with van der Waals surface area (Å²) in [6.45, 7) is 0. The van der Waals surface area contributed by atoms with Gasteiger partial charge in [0.05, 0.1) is 10.6 Å². The fourth-order valence-corrected chi connectivity index (χ4v) is 1.19. The zero-order valence-electron chi connectivity index (χ0n) is 6.52. The zero-order chi connectivity index (χ0) is 10.7. The lowest BCUT2D eigenvalue weighted by molar-refractivity contribution is -0.387. The number of azide groups is 1. The van der Waals surface area contributed by atoms with E-state index in [1.54, 1.807) is 0 Å². The molecule has 0 aliphatic rings. The quantitative estimate of drug-likeness (QED) is 0.268. The Balaban J connectivity index is 3.41. The Morgan fingerprint density at radius 1 is 1.64 bits per heavy atom. The molecule has 0 aliphatic carbocycles. The van der Waals surface area contributed by atoms with Crippen molar-refractivity contribution in [3.05, 3.63) is 43.0 Å². The lowest BCUT2D eigenvalue weighted by Crippen LogP contribution is -1.91. The summed E-state index contributed by atoms with van der Waals surface area (Å²) in [5.41, 5.74) is 7.36. The van der Waals surface area contributed by atoms with E-state index < -0.39 is 16.4 Å². The van der Waals surface area contributed by atoms with E-state index in [9.17, 15) is 14.5 Å². The standard InChI is InChI=1S/C6H2BrFN4O2/c7-3-1-4(8)6(12(13)14)2-5(3)10-11-9/h1-2H. The Morgan fingerprint density at radius 3 is 2.79 bits per heavy atom. The van der Waals surface area contributed by atoms with Crippen LogP contribution in [0.2, 0.25) is 0 Å². The van der Waals surface area contributed by atoms with Gasteiger partial charge in [-0.05, 0) is 11.6 Å². The minimum atomic E-state index is -0.987. The molecule has 14 heavy (non-hydrogen) atoms. The molecule has 0 spiro atoms. The smallest absolute Gasteiger partial charge is 0.258 e. The van der Waals surface area contributed by atoms with Crippen LogP contribution in [0.3, 0.4) is 0 Å². The van der Waals surface area contributed by atoms with Gasteiger partial charge in [-0.1, -0.05) is 21.0 Å². The molecule has 1 aromatic carbocycles. The van der Waals surface area contributed by atoms with Gasteiger partial charge in [0.1, 0.15) is 0 Å². The van der Waals surface area contributed by atoms with E-state index in [2.05, 4.69) is 26.0 Å². The second-order valence-electron chi connectivity index (χ2n) is 2.20. The first kappa shape index (κ1) is 10.4. The highest BCUT2D eigenvalue weighted by Gasteiger charge is 2.16. The molecule has 0 heterocycles. The van der Waals surface area contributed by atoms with Gasteiger partial charge in [-0.25, -0.2) is 0 Å². The van der Waals surface area contributed by atoms with Crippen molar-refractivity contribution in [3.63, 3.8) is 0 Å². The van der Waals surface area contributed by atoms with Crippen LogP contribution in [0.25, 0.3) is 10.4 Å². The molecule has 0 unspecified atom stereocenters. The summed E-state index contributed by atoms with van der Waals surface area (Å²) in [5.74, 6) is -0.987. The number of nitrogens with zero attached hydrogens (tertiary/aromatic N) is 4. The molecule has 0 atom stereocenters. The Hall–Kier alpha value is -1.66. The highest BCUT2D eigenvalue weighted by Crippen LogP contribution is 2.32. The largest absolute Gasteiger partial charge is 0.305 e. The van der Waals surface area contributed by atoms with E-state index in [0.717, 1.165) is 12.1 Å². The third-order valence-corrected chi connectivity index (χ3v) is 2.00. The van der Waals surface area contributed by atoms with Crippen molar-refractivity contribution in [1.82, 2.24) is 0 Å². The van der Waals surface area contributed by atoms with Gasteiger partial charge in [0.15, 0.2) is 0 Å². The van der Waals surface area contributed by atoms with Crippen molar-refractivity contribution in [2.45, 2.75) is 0 Å². The van der Waals surface area contributed by atoms with E-state index in [1.165, 1.54) is 0 Å². The molecule has 72 valence electrons. The minimum absolute atomic E-state index is 0.0272. The third kappa shape index (κ3) is 1.98. The van der Waals surface area contributed by atoms with Gasteiger partial charge in [-0.15, -0.1) is 0 Å². The summed E-state index contributed by atoms with van der Waals surface area (Å²) in [6, 6.07) is 1.74. The van der Waals surface area contributed by atoms with Gasteiger partial charge < -0.3 is 0 Å². The monoisotopic (exact) mass is 260 g/mol. The van der Waals surface area contributed by atoms with E-state index in [-0.39, 0.29) is 10.2 Å². The first-order chi connectivity index (χ1) is 6.56. The third-order valence-electron chi connectivity index (χ3n) is 1.37. The molecule has 0 saturated carbocycles. The summed E-state index contributed by atoms with van der Waals surface area (Å²) >= 11 is 2.90. The number of hydrogen-bond donors (Lipinski definition) is 0. The molecule has 6 nitrogen and oxygen atoms in total. The molecule has 1 rings (SSSR count). The molecule has 0 aliphatic heterocycles. The fraction of sp³-hybridized carbons (Fsp3) is 0. The number of halogens is 2. The summed E-state index contributed by atoms with van der Waals surface area (Å²) in [5, 5.41) is 13.5. The van der Waals surface area contributed by atoms with Crippen molar-refractivity contribution < 1.29 is 9.31 Å². The molecule has 8 heteroatoms. The number of hydrogen-bond acceptors (Lipinski definition) is 3. The van der Waals surface area contributed by atoms with E-state index in [1.807, 2.05) is 0 Å². The highest BCUT2D eigenvalue weighted by molar-refractivity contribution is 9.10. The van der Waals surface area contributed by atoms with Gasteiger partial charge in [-0.2, -0.15) is 4.39 Å². The number of nitro benzene ring substituents is 1. The normalized spacial score (nSPS) is 9.29. The van der Waals surface area contributed by atoms with Crippen molar-refractivity contribution in [2.75, 3.05) is 0 Å². The van der Waals surface area contributed by atoms with Crippen molar-refractivity contribution in [2.24, 2.45) is 5.11 Å². The van der Waals surface area contributed by atoms with E-state index in [0.29, 0.717) is 0 Å². The van der Waals surface area contributed by atoms with Crippen LogP contribution in [0.5, 0.6) is 0 Å². The molecule has 0 saturated heterocycles. The molecular formula is C6H2BrFN4O2. The van der Waals surface area contributed by atoms with Crippen molar-refractivity contribution in [1.29, 1.82) is 0 Å². The zero-order valence-corrected chi connectivity index (χ0v) is 8.10. The molecule has 0 aromatic heterocycles. The van der Waals surface area contributed by atoms with E-state index in [4.69, 9.17) is 5.53 Å². The molecule has 0 bridgehead atoms. The Morgan fingerprint density at radius 2 is 2.29 bits per heavy atom. The lowest BCUT2D eigenvalue weighted by atomic mass is 10.3. The predicted octanol–water partition coefficient (Wildman–Crippen LogP) is 3.44. The summed E-state index contributed by atoms with van der Waals surface area (Å²) in [6.07, 6.45) is 0. The first-order valence-electron chi connectivity index (χ1n) is 3.25. The Kier molecular flexibility index (Phi) is 3.00. The molecule has 0 radical (unpaired) electrons. The summed E-state index contributed by atoms with van der Waals surface area (Å²) in [4.78, 5) is 11.9. The molecular weight excluding hydrogens is 259 g/mol. The maximum Gasteiger partial charge on any atom is 0.305 e. The lowest BCUT2D eigenvalue weighted by Gasteiger charge is -1.98. The van der Waals surface area contributed by atoms with Gasteiger partial charge in [0, 0.05) is 15.5 Å². The Labute approximate surface area is 85.3 Å². The van der Waals surface area contributed by atoms with Crippen LogP contribution in [0.1, 0.15) is 0 Å². The van der Waals surface area contributed by atoms with Gasteiger partial charge in [-0.3, -0.25) is 10.1 Å². The summed E-state index contributed by atoms with van der Waals surface area (Å²) < 4.78 is 13.1. The topological polar surface area (TPSA) is 91.9 Å². The average Bonchev–Trinajstić information content (AvgIpc) is 2.09. The number of benzene rings is 1. The SMILES string of the molecule is [N-]=[N+]=Nc1cc([N+](=O)[O-])c(F)cc1Br. The highest BCUT2D eigenvalue weighted by atomic mass is 79.9. The maximum atomic E-state index is 12.9. The van der Waals surface area contributed by atoms with Crippen LogP contribution in [0, 0.1) is 15.9 Å². The van der Waals surface area contributed by atoms with Crippen LogP contribution in [-0.4, -0.2) is 4.92 Å². The van der Waals surface area contributed by atoms with Crippen LogP contribution in [0.4, 0.5) is 15.8 Å². The van der Waals surface area contributed by atoms with Crippen molar-refractivity contribution >= 4 is 27.3 Å². The minimum Gasteiger partial charge on any atom is -0.258 e. The Bertz CT molecular complexity index is 420. The van der Waals surface area contributed by atoms with Crippen LogP contribution in [-0.2, 0) is 0 Å². The van der Waals surface area contributed by atoms with Gasteiger partial charge in [0.2, 0.25) is 5.82 Å². The molecule has 0 N–H and O–H groups in total. The van der Waals surface area contributed by atoms with Crippen LogP contribution in [0.15, 0.2) is 21.7 Å². The molecule has 0 amide bonds. The summed E-state index contributed by atoms with van der Waals surface area (Å²) in [7, 11) is 0. The number of rotatable bonds is 2. The fourth-order valence-electron chi connectivity index (χ4n) is 0.791. The van der Waals surface area contributed by atoms with E-state index >= 15 is 0 Å².